The van der Waals surface area contributed by atoms with Crippen molar-refractivity contribution in [3.8, 4) is 0 Å². The van der Waals surface area contributed by atoms with Gasteiger partial charge in [0.1, 0.15) is 0 Å². The summed E-state index contributed by atoms with van der Waals surface area (Å²) >= 11 is 6.09. The van der Waals surface area contributed by atoms with Crippen LogP contribution in [0.2, 0.25) is 5.02 Å². The van der Waals surface area contributed by atoms with Crippen molar-refractivity contribution in [3.05, 3.63) is 40.4 Å². The van der Waals surface area contributed by atoms with Crippen LogP contribution in [-0.4, -0.2) is 6.54 Å². The van der Waals surface area contributed by atoms with Crippen molar-refractivity contribution >= 4 is 17.7 Å². The van der Waals surface area contributed by atoms with Crippen LogP contribution < -0.4 is 5.73 Å². The Morgan fingerprint density at radius 3 is 2.40 bits per heavy atom. The van der Waals surface area contributed by atoms with Crippen LogP contribution in [0.3, 0.4) is 0 Å². The van der Waals surface area contributed by atoms with Crippen LogP contribution >= 0.6 is 11.6 Å². The fraction of sp³-hybridized carbons (Fsp3) is 0.385. The lowest BCUT2D eigenvalue weighted by Gasteiger charge is -2.22. The molecule has 15 heavy (non-hydrogen) atoms. The molecule has 1 rings (SSSR count). The third kappa shape index (κ3) is 3.37. The smallest absolute Gasteiger partial charge is 0.0478 e. The van der Waals surface area contributed by atoms with Crippen molar-refractivity contribution in [2.24, 2.45) is 11.1 Å². The normalized spacial score (nSPS) is 13.0. The Hall–Kier alpha value is -0.790. The molecule has 0 saturated heterocycles. The number of rotatable bonds is 2. The number of hydrogen-bond donors (Lipinski definition) is 1. The van der Waals surface area contributed by atoms with Crippen molar-refractivity contribution < 1.29 is 0 Å². The van der Waals surface area contributed by atoms with Crippen LogP contribution in [0.25, 0.3) is 6.08 Å². The highest BCUT2D eigenvalue weighted by atomic mass is 35.5. The van der Waals surface area contributed by atoms with Crippen LogP contribution in [0.15, 0.2) is 29.8 Å². The lowest BCUT2D eigenvalue weighted by Crippen LogP contribution is -2.17. The van der Waals surface area contributed by atoms with Crippen LogP contribution in [0, 0.1) is 5.41 Å². The van der Waals surface area contributed by atoms with E-state index in [1.807, 2.05) is 24.3 Å². The molecule has 0 saturated carbocycles. The quantitative estimate of drug-likeness (QED) is 0.813. The molecule has 0 aliphatic heterocycles. The largest absolute Gasteiger partial charge is 0.327 e. The minimum Gasteiger partial charge on any atom is -0.327 e. The molecule has 0 aliphatic rings. The van der Waals surface area contributed by atoms with Crippen molar-refractivity contribution in [3.63, 3.8) is 0 Å². The van der Waals surface area contributed by atoms with E-state index in [-0.39, 0.29) is 5.41 Å². The molecule has 0 aromatic heterocycles. The van der Waals surface area contributed by atoms with Crippen molar-refractivity contribution in [2.75, 3.05) is 6.54 Å². The zero-order valence-electron chi connectivity index (χ0n) is 9.55. The maximum absolute atomic E-state index is 6.09. The lowest BCUT2D eigenvalue weighted by atomic mass is 9.85. The minimum absolute atomic E-state index is 0.0912. The SMILES string of the molecule is CC(C)(C)/C(=C/c1ccccc1Cl)CN. The molecular formula is C13H18ClN. The lowest BCUT2D eigenvalue weighted by molar-refractivity contribution is 0.499. The Labute approximate surface area is 96.9 Å². The predicted octanol–water partition coefficient (Wildman–Crippen LogP) is 3.73. The summed E-state index contributed by atoms with van der Waals surface area (Å²) < 4.78 is 0. The maximum atomic E-state index is 6.09. The highest BCUT2D eigenvalue weighted by Gasteiger charge is 2.15. The van der Waals surface area contributed by atoms with Gasteiger partial charge in [-0.3, -0.25) is 0 Å². The van der Waals surface area contributed by atoms with Gasteiger partial charge in [0.15, 0.2) is 0 Å². The maximum Gasteiger partial charge on any atom is 0.0478 e. The molecule has 0 unspecified atom stereocenters. The Kier molecular flexibility index (Phi) is 3.95. The third-order valence-corrected chi connectivity index (χ3v) is 2.76. The topological polar surface area (TPSA) is 26.0 Å². The fourth-order valence-electron chi connectivity index (χ4n) is 1.36. The van der Waals surface area contributed by atoms with Crippen LogP contribution in [0.5, 0.6) is 0 Å². The van der Waals surface area contributed by atoms with E-state index in [4.69, 9.17) is 17.3 Å². The van der Waals surface area contributed by atoms with E-state index in [9.17, 15) is 0 Å². The number of hydrogen-bond acceptors (Lipinski definition) is 1. The molecule has 2 heteroatoms. The fourth-order valence-corrected chi connectivity index (χ4v) is 1.55. The van der Waals surface area contributed by atoms with Gasteiger partial charge in [-0.05, 0) is 17.0 Å². The molecule has 0 spiro atoms. The van der Waals surface area contributed by atoms with Crippen molar-refractivity contribution in [1.82, 2.24) is 0 Å². The minimum atomic E-state index is 0.0912. The zero-order valence-corrected chi connectivity index (χ0v) is 10.3. The number of halogens is 1. The molecule has 0 heterocycles. The first kappa shape index (κ1) is 12.3. The van der Waals surface area contributed by atoms with Gasteiger partial charge in [0.05, 0.1) is 0 Å². The summed E-state index contributed by atoms with van der Waals surface area (Å²) in [6.07, 6.45) is 2.09. The number of nitrogens with two attached hydrogens (primary N) is 1. The molecule has 2 N–H and O–H groups in total. The average molecular weight is 224 g/mol. The Balaban J connectivity index is 3.10. The average Bonchev–Trinajstić information content (AvgIpc) is 2.14. The third-order valence-electron chi connectivity index (χ3n) is 2.42. The van der Waals surface area contributed by atoms with E-state index in [2.05, 4.69) is 26.8 Å². The molecule has 0 bridgehead atoms. The molecule has 1 nitrogen and oxygen atoms in total. The molecule has 1 aromatic rings. The van der Waals surface area contributed by atoms with E-state index in [0.29, 0.717) is 6.54 Å². The van der Waals surface area contributed by atoms with Gasteiger partial charge in [-0.1, -0.05) is 62.2 Å². The highest BCUT2D eigenvalue weighted by molar-refractivity contribution is 6.32. The first-order chi connectivity index (χ1) is 6.95. The molecule has 0 atom stereocenters. The van der Waals surface area contributed by atoms with E-state index >= 15 is 0 Å². The molecule has 0 radical (unpaired) electrons. The van der Waals surface area contributed by atoms with Crippen LogP contribution in [0.4, 0.5) is 0 Å². The van der Waals surface area contributed by atoms with Crippen LogP contribution in [-0.2, 0) is 0 Å². The standard InChI is InChI=1S/C13H18ClN/c1-13(2,3)11(9-15)8-10-6-4-5-7-12(10)14/h4-8H,9,15H2,1-3H3/b11-8+. The zero-order chi connectivity index (χ0) is 11.5. The second-order valence-electron chi connectivity index (χ2n) is 4.65. The summed E-state index contributed by atoms with van der Waals surface area (Å²) in [6, 6.07) is 7.81. The summed E-state index contributed by atoms with van der Waals surface area (Å²) in [5, 5.41) is 0.771. The van der Waals surface area contributed by atoms with Gasteiger partial charge in [0, 0.05) is 11.6 Å². The summed E-state index contributed by atoms with van der Waals surface area (Å²) in [5.74, 6) is 0. The van der Waals surface area contributed by atoms with Gasteiger partial charge < -0.3 is 5.73 Å². The van der Waals surface area contributed by atoms with E-state index < -0.39 is 0 Å². The van der Waals surface area contributed by atoms with E-state index in [1.54, 1.807) is 0 Å². The Morgan fingerprint density at radius 2 is 1.93 bits per heavy atom. The second-order valence-corrected chi connectivity index (χ2v) is 5.05. The van der Waals surface area contributed by atoms with Gasteiger partial charge in [0.25, 0.3) is 0 Å². The van der Waals surface area contributed by atoms with Gasteiger partial charge in [-0.25, -0.2) is 0 Å². The summed E-state index contributed by atoms with van der Waals surface area (Å²) in [4.78, 5) is 0. The Bertz CT molecular complexity index is 361. The summed E-state index contributed by atoms with van der Waals surface area (Å²) in [6.45, 7) is 7.03. The van der Waals surface area contributed by atoms with Gasteiger partial charge in [0.2, 0.25) is 0 Å². The molecular weight excluding hydrogens is 206 g/mol. The molecule has 0 fully saturated rings. The Morgan fingerprint density at radius 1 is 1.33 bits per heavy atom. The number of benzene rings is 1. The second kappa shape index (κ2) is 4.82. The van der Waals surface area contributed by atoms with Gasteiger partial charge in [-0.2, -0.15) is 0 Å². The van der Waals surface area contributed by atoms with Crippen LogP contribution in [0.1, 0.15) is 26.3 Å². The summed E-state index contributed by atoms with van der Waals surface area (Å²) in [7, 11) is 0. The first-order valence-corrected chi connectivity index (χ1v) is 5.48. The molecule has 0 aliphatic carbocycles. The van der Waals surface area contributed by atoms with Crippen molar-refractivity contribution in [2.45, 2.75) is 20.8 Å². The summed E-state index contributed by atoms with van der Waals surface area (Å²) in [5.41, 5.74) is 8.08. The van der Waals surface area contributed by atoms with E-state index in [1.165, 1.54) is 5.57 Å². The highest BCUT2D eigenvalue weighted by Crippen LogP contribution is 2.28. The van der Waals surface area contributed by atoms with Crippen molar-refractivity contribution in [1.29, 1.82) is 0 Å². The molecule has 1 aromatic carbocycles. The predicted molar refractivity (Wildman–Crippen MR) is 67.9 cm³/mol. The van der Waals surface area contributed by atoms with Gasteiger partial charge in [-0.15, -0.1) is 0 Å². The molecule has 82 valence electrons. The monoisotopic (exact) mass is 223 g/mol. The first-order valence-electron chi connectivity index (χ1n) is 5.11. The van der Waals surface area contributed by atoms with Gasteiger partial charge >= 0.3 is 0 Å². The molecule has 0 amide bonds. The van der Waals surface area contributed by atoms with E-state index in [0.717, 1.165) is 10.6 Å².